The Hall–Kier alpha value is 1.09. The van der Waals surface area contributed by atoms with Crippen molar-refractivity contribution in [3.63, 3.8) is 0 Å². The molecule has 0 nitrogen and oxygen atoms in total. The molecule has 0 heterocycles. The Morgan fingerprint density at radius 1 is 0.545 bits per heavy atom. The molecule has 0 aliphatic rings. The summed E-state index contributed by atoms with van der Waals surface area (Å²) in [7, 11) is 0. The lowest BCUT2D eigenvalue weighted by Gasteiger charge is -2.07. The summed E-state index contributed by atoms with van der Waals surface area (Å²) in [6, 6.07) is -1.52. The summed E-state index contributed by atoms with van der Waals surface area (Å²) in [6.07, 6.45) is 19.3. The first-order valence-corrected chi connectivity index (χ1v) is 14.7. The molecule has 0 aliphatic carbocycles. The summed E-state index contributed by atoms with van der Waals surface area (Å²) >= 11 is 17.6. The van der Waals surface area contributed by atoms with E-state index in [1.165, 1.54) is 83.5 Å². The van der Waals surface area contributed by atoms with E-state index in [0.717, 1.165) is 18.4 Å². The monoisotopic (exact) mass is 386 g/mol. The van der Waals surface area contributed by atoms with E-state index in [1.807, 2.05) is 0 Å². The molecule has 0 saturated carbocycles. The van der Waals surface area contributed by atoms with Gasteiger partial charge in [0.2, 0.25) is 0 Å². The van der Waals surface area contributed by atoms with Gasteiger partial charge in [0.05, 0.1) is 0 Å². The van der Waals surface area contributed by atoms with Crippen molar-refractivity contribution in [2.45, 2.75) is 110 Å². The molecular weight excluding hydrogens is 351 g/mol. The Bertz CT molecular complexity index is 227. The fourth-order valence-electron chi connectivity index (χ4n) is 2.82. The average molecular weight is 388 g/mol. The van der Waals surface area contributed by atoms with Gasteiger partial charge in [-0.25, -0.2) is 0 Å². The standard InChI is InChI=1S/C18H37Cl3Si/c1-18(2)16-14-12-10-8-6-4-3-5-7-9-11-13-15-17-22(19,20)21/h18H,3-17H2,1-2H3. The van der Waals surface area contributed by atoms with E-state index in [2.05, 4.69) is 13.8 Å². The molecule has 4 heteroatoms. The molecule has 0 amide bonds. The molecule has 0 aliphatic heterocycles. The summed E-state index contributed by atoms with van der Waals surface area (Å²) in [6.45, 7) is 4.64. The van der Waals surface area contributed by atoms with Crippen LogP contribution in [-0.2, 0) is 0 Å². The number of halogens is 3. The molecule has 0 N–H and O–H groups in total. The Morgan fingerprint density at radius 2 is 0.864 bits per heavy atom. The van der Waals surface area contributed by atoms with Gasteiger partial charge in [0.1, 0.15) is 0 Å². The van der Waals surface area contributed by atoms with E-state index in [-0.39, 0.29) is 0 Å². The van der Waals surface area contributed by atoms with Gasteiger partial charge in [-0.3, -0.25) is 0 Å². The quantitative estimate of drug-likeness (QED) is 0.141. The topological polar surface area (TPSA) is 0 Å². The highest BCUT2D eigenvalue weighted by molar-refractivity contribution is 7.64. The van der Waals surface area contributed by atoms with E-state index < -0.39 is 6.00 Å². The molecule has 134 valence electrons. The average Bonchev–Trinajstić information content (AvgIpc) is 2.41. The Kier molecular flexibility index (Phi) is 16.4. The van der Waals surface area contributed by atoms with Crippen LogP contribution in [0.2, 0.25) is 6.04 Å². The number of unbranched alkanes of at least 4 members (excludes halogenated alkanes) is 12. The zero-order valence-corrected chi connectivity index (χ0v) is 18.1. The van der Waals surface area contributed by atoms with Gasteiger partial charge >= 0.3 is 6.00 Å². The van der Waals surface area contributed by atoms with Crippen LogP contribution in [-0.4, -0.2) is 6.00 Å². The highest BCUT2D eigenvalue weighted by Gasteiger charge is 2.23. The number of rotatable bonds is 16. The molecule has 0 fully saturated rings. The van der Waals surface area contributed by atoms with Crippen molar-refractivity contribution in [3.8, 4) is 0 Å². The lowest BCUT2D eigenvalue weighted by Crippen LogP contribution is -2.07. The first-order chi connectivity index (χ1) is 10.4. The minimum absolute atomic E-state index is 0.828. The van der Waals surface area contributed by atoms with Gasteiger partial charge in [-0.05, 0) is 12.0 Å². The summed E-state index contributed by atoms with van der Waals surface area (Å²) in [5.41, 5.74) is 0. The van der Waals surface area contributed by atoms with Crippen LogP contribution in [0.25, 0.3) is 0 Å². The first kappa shape index (κ1) is 23.1. The molecule has 0 rings (SSSR count). The molecule has 0 atom stereocenters. The molecule has 0 aromatic rings. The molecule has 0 aromatic heterocycles. The molecule has 22 heavy (non-hydrogen) atoms. The van der Waals surface area contributed by atoms with Gasteiger partial charge < -0.3 is 0 Å². The molecular formula is C18H37Cl3Si. The Morgan fingerprint density at radius 3 is 1.18 bits per heavy atom. The largest absolute Gasteiger partial charge is 0.341 e. The predicted molar refractivity (Wildman–Crippen MR) is 108 cm³/mol. The van der Waals surface area contributed by atoms with Gasteiger partial charge in [0, 0.05) is 0 Å². The maximum Gasteiger partial charge on any atom is 0.341 e. The molecule has 0 saturated heterocycles. The zero-order chi connectivity index (χ0) is 16.7. The van der Waals surface area contributed by atoms with Crippen molar-refractivity contribution in [2.75, 3.05) is 0 Å². The second-order valence-electron chi connectivity index (χ2n) is 7.14. The van der Waals surface area contributed by atoms with E-state index in [1.54, 1.807) is 0 Å². The highest BCUT2D eigenvalue weighted by atomic mass is 35.8. The highest BCUT2D eigenvalue weighted by Crippen LogP contribution is 2.27. The SMILES string of the molecule is CC(C)CCCCCCCCCCCCCCC[Si](Cl)(Cl)Cl. The molecule has 0 aromatic carbocycles. The van der Waals surface area contributed by atoms with Crippen molar-refractivity contribution in [1.29, 1.82) is 0 Å². The van der Waals surface area contributed by atoms with Crippen LogP contribution in [0.1, 0.15) is 104 Å². The first-order valence-electron chi connectivity index (χ1n) is 9.48. The van der Waals surface area contributed by atoms with Crippen molar-refractivity contribution < 1.29 is 0 Å². The third kappa shape index (κ3) is 21.1. The number of hydrogen-bond donors (Lipinski definition) is 0. The van der Waals surface area contributed by atoms with Gasteiger partial charge in [0.25, 0.3) is 0 Å². The summed E-state index contributed by atoms with van der Waals surface area (Å²) in [4.78, 5) is 0. The summed E-state index contributed by atoms with van der Waals surface area (Å²) < 4.78 is 0. The van der Waals surface area contributed by atoms with Crippen molar-refractivity contribution in [3.05, 3.63) is 0 Å². The van der Waals surface area contributed by atoms with E-state index in [4.69, 9.17) is 33.2 Å². The van der Waals surface area contributed by atoms with Gasteiger partial charge in [-0.15, -0.1) is 33.2 Å². The smallest absolute Gasteiger partial charge is 0.126 e. The number of hydrogen-bond acceptors (Lipinski definition) is 0. The fraction of sp³-hybridized carbons (Fsp3) is 1.00. The lowest BCUT2D eigenvalue weighted by atomic mass is 10.0. The predicted octanol–water partition coefficient (Wildman–Crippen LogP) is 8.76. The van der Waals surface area contributed by atoms with Crippen LogP contribution >= 0.6 is 33.2 Å². The second kappa shape index (κ2) is 15.6. The third-order valence-electron chi connectivity index (χ3n) is 4.24. The minimum atomic E-state index is -2.35. The molecule has 0 bridgehead atoms. The molecule has 0 unspecified atom stereocenters. The Balaban J connectivity index is 3.03. The maximum atomic E-state index is 5.87. The van der Waals surface area contributed by atoms with Gasteiger partial charge in [-0.2, -0.15) is 0 Å². The lowest BCUT2D eigenvalue weighted by molar-refractivity contribution is 0.503. The van der Waals surface area contributed by atoms with Crippen molar-refractivity contribution in [2.24, 2.45) is 5.92 Å². The third-order valence-corrected chi connectivity index (χ3v) is 6.86. The van der Waals surface area contributed by atoms with Crippen LogP contribution in [0.3, 0.4) is 0 Å². The fourth-order valence-corrected chi connectivity index (χ4v) is 4.68. The van der Waals surface area contributed by atoms with Crippen LogP contribution < -0.4 is 0 Å². The van der Waals surface area contributed by atoms with Gasteiger partial charge in [0.15, 0.2) is 0 Å². The van der Waals surface area contributed by atoms with Crippen LogP contribution in [0, 0.1) is 5.92 Å². The van der Waals surface area contributed by atoms with E-state index in [9.17, 15) is 0 Å². The Labute approximate surface area is 154 Å². The van der Waals surface area contributed by atoms with E-state index >= 15 is 0 Å². The molecule has 0 spiro atoms. The van der Waals surface area contributed by atoms with E-state index in [0.29, 0.717) is 0 Å². The van der Waals surface area contributed by atoms with Crippen LogP contribution in [0.4, 0.5) is 0 Å². The zero-order valence-electron chi connectivity index (χ0n) is 14.8. The summed E-state index contributed by atoms with van der Waals surface area (Å²) in [5, 5.41) is 0. The second-order valence-corrected chi connectivity index (χ2v) is 16.4. The van der Waals surface area contributed by atoms with Gasteiger partial charge in [-0.1, -0.05) is 104 Å². The van der Waals surface area contributed by atoms with Crippen molar-refractivity contribution >= 4 is 39.2 Å². The van der Waals surface area contributed by atoms with Crippen LogP contribution in [0.15, 0.2) is 0 Å². The normalized spacial score (nSPS) is 12.3. The molecule has 0 radical (unpaired) electrons. The van der Waals surface area contributed by atoms with Crippen molar-refractivity contribution in [1.82, 2.24) is 0 Å². The minimum Gasteiger partial charge on any atom is -0.126 e. The maximum absolute atomic E-state index is 5.87. The van der Waals surface area contributed by atoms with Crippen LogP contribution in [0.5, 0.6) is 0 Å². The summed E-state index contributed by atoms with van der Waals surface area (Å²) in [5.74, 6) is 0.879.